The van der Waals surface area contributed by atoms with Gasteiger partial charge in [0.05, 0.1) is 23.1 Å². The van der Waals surface area contributed by atoms with Gasteiger partial charge in [-0.1, -0.05) is 28.8 Å². The quantitative estimate of drug-likeness (QED) is 0.838. The molecule has 0 spiro atoms. The molecule has 16 heavy (non-hydrogen) atoms. The predicted molar refractivity (Wildman–Crippen MR) is 63.3 cm³/mol. The minimum absolute atomic E-state index is 0.0684. The van der Waals surface area contributed by atoms with Crippen molar-refractivity contribution < 1.29 is 8.42 Å². The number of rotatable bonds is 3. The molecule has 4 nitrogen and oxygen atoms in total. The molecular weight excluding hydrogens is 244 g/mol. The minimum Gasteiger partial charge on any atom is -0.228 e. The van der Waals surface area contributed by atoms with Crippen LogP contribution in [0, 0.1) is 6.26 Å². The Kier molecular flexibility index (Phi) is 3.02. The first-order valence-electron chi connectivity index (χ1n) is 4.48. The van der Waals surface area contributed by atoms with Gasteiger partial charge in [-0.3, -0.25) is 0 Å². The lowest BCUT2D eigenvalue weighted by Gasteiger charge is -2.05. The van der Waals surface area contributed by atoms with Crippen molar-refractivity contribution in [2.24, 2.45) is 0 Å². The Bertz CT molecular complexity index is 577. The van der Waals surface area contributed by atoms with Crippen molar-refractivity contribution >= 4 is 21.4 Å². The van der Waals surface area contributed by atoms with E-state index in [0.29, 0.717) is 0 Å². The average Bonchev–Trinajstić information content (AvgIpc) is 2.69. The van der Waals surface area contributed by atoms with E-state index < -0.39 is 9.84 Å². The molecule has 0 bridgehead atoms. The van der Waals surface area contributed by atoms with Crippen LogP contribution in [0.3, 0.4) is 0 Å². The zero-order valence-electron chi connectivity index (χ0n) is 8.33. The molecule has 1 radical (unpaired) electrons. The number of hydrogen-bond donors (Lipinski definition) is 0. The molecule has 0 amide bonds. The molecule has 6 heteroatoms. The third kappa shape index (κ3) is 2.65. The van der Waals surface area contributed by atoms with Gasteiger partial charge in [-0.15, -0.1) is 5.10 Å². The third-order valence-corrected chi connectivity index (χ3v) is 3.47. The standard InChI is InChI=1S/C10H9N2O2S2/c1-16(13,14)7-8-4-2-3-5-9(8)10-6-11-12-15-10/h2-6H,1,7H2. The maximum atomic E-state index is 11.2. The summed E-state index contributed by atoms with van der Waals surface area (Å²) < 4.78 is 26.1. The molecule has 1 heterocycles. The van der Waals surface area contributed by atoms with E-state index in [4.69, 9.17) is 0 Å². The van der Waals surface area contributed by atoms with Gasteiger partial charge in [0.1, 0.15) is 0 Å². The van der Waals surface area contributed by atoms with Crippen LogP contribution in [0.15, 0.2) is 30.5 Å². The fraction of sp³-hybridized carbons (Fsp3) is 0.100. The van der Waals surface area contributed by atoms with E-state index >= 15 is 0 Å². The first-order valence-corrected chi connectivity index (χ1v) is 7.07. The molecule has 0 atom stereocenters. The summed E-state index contributed by atoms with van der Waals surface area (Å²) >= 11 is 1.24. The number of nitrogens with zero attached hydrogens (tertiary/aromatic N) is 2. The molecular formula is C10H9N2O2S2. The second-order valence-electron chi connectivity index (χ2n) is 3.33. The molecule has 1 aromatic carbocycles. The van der Waals surface area contributed by atoms with Crippen molar-refractivity contribution in [3.63, 3.8) is 0 Å². The predicted octanol–water partition coefficient (Wildman–Crippen LogP) is 1.91. The van der Waals surface area contributed by atoms with Crippen LogP contribution in [0.2, 0.25) is 0 Å². The molecule has 1 aromatic heterocycles. The summed E-state index contributed by atoms with van der Waals surface area (Å²) in [5, 5.41) is 3.74. The maximum Gasteiger partial charge on any atom is 0.155 e. The van der Waals surface area contributed by atoms with Crippen LogP contribution in [0.5, 0.6) is 0 Å². The molecule has 83 valence electrons. The van der Waals surface area contributed by atoms with Crippen molar-refractivity contribution in [3.05, 3.63) is 42.3 Å². The fourth-order valence-corrected chi connectivity index (χ4v) is 2.71. The molecule has 0 fully saturated rings. The molecule has 2 aromatic rings. The molecule has 0 saturated carbocycles. The summed E-state index contributed by atoms with van der Waals surface area (Å²) in [7, 11) is -3.28. The van der Waals surface area contributed by atoms with Gasteiger partial charge in [-0.25, -0.2) is 8.42 Å². The van der Waals surface area contributed by atoms with Crippen molar-refractivity contribution in [1.82, 2.24) is 9.59 Å². The topological polar surface area (TPSA) is 59.9 Å². The first kappa shape index (κ1) is 11.2. The normalized spacial score (nSPS) is 11.6. The van der Waals surface area contributed by atoms with Crippen molar-refractivity contribution in [2.75, 3.05) is 0 Å². The summed E-state index contributed by atoms with van der Waals surface area (Å²) in [5.74, 6) is -0.0684. The van der Waals surface area contributed by atoms with Crippen molar-refractivity contribution in [1.29, 1.82) is 0 Å². The van der Waals surface area contributed by atoms with Gasteiger partial charge in [0.25, 0.3) is 0 Å². The Hall–Kier alpha value is -1.27. The lowest BCUT2D eigenvalue weighted by Crippen LogP contribution is -1.99. The van der Waals surface area contributed by atoms with Gasteiger partial charge in [0, 0.05) is 0 Å². The van der Waals surface area contributed by atoms with E-state index in [1.54, 1.807) is 18.3 Å². The van der Waals surface area contributed by atoms with Gasteiger partial charge < -0.3 is 0 Å². The Labute approximate surface area is 98.0 Å². The van der Waals surface area contributed by atoms with E-state index in [2.05, 4.69) is 15.8 Å². The largest absolute Gasteiger partial charge is 0.228 e. The molecule has 0 saturated heterocycles. The number of sulfone groups is 1. The van der Waals surface area contributed by atoms with Crippen molar-refractivity contribution in [2.45, 2.75) is 5.75 Å². The highest BCUT2D eigenvalue weighted by Gasteiger charge is 2.11. The Morgan fingerprint density at radius 1 is 1.31 bits per heavy atom. The highest BCUT2D eigenvalue weighted by molar-refractivity contribution is 7.91. The SMILES string of the molecule is [CH2]S(=O)(=O)Cc1ccccc1-c1cnns1. The van der Waals surface area contributed by atoms with Gasteiger partial charge >= 0.3 is 0 Å². The highest BCUT2D eigenvalue weighted by Crippen LogP contribution is 2.26. The highest BCUT2D eigenvalue weighted by atomic mass is 32.2. The van der Waals surface area contributed by atoms with E-state index in [0.717, 1.165) is 16.0 Å². The maximum absolute atomic E-state index is 11.2. The number of benzene rings is 1. The Morgan fingerprint density at radius 2 is 2.06 bits per heavy atom. The second kappa shape index (κ2) is 4.31. The zero-order valence-corrected chi connectivity index (χ0v) is 9.96. The zero-order chi connectivity index (χ0) is 11.6. The van der Waals surface area contributed by atoms with Crippen LogP contribution in [-0.2, 0) is 15.6 Å². The van der Waals surface area contributed by atoms with E-state index in [9.17, 15) is 8.42 Å². The van der Waals surface area contributed by atoms with Crippen LogP contribution >= 0.6 is 11.5 Å². The monoisotopic (exact) mass is 253 g/mol. The number of hydrogen-bond acceptors (Lipinski definition) is 5. The molecule has 0 aliphatic heterocycles. The summed E-state index contributed by atoms with van der Waals surface area (Å²) in [4.78, 5) is 0.860. The van der Waals surface area contributed by atoms with Gasteiger partial charge in [0.2, 0.25) is 0 Å². The van der Waals surface area contributed by atoms with Crippen LogP contribution in [0.1, 0.15) is 5.56 Å². The fourth-order valence-electron chi connectivity index (χ4n) is 1.41. The summed E-state index contributed by atoms with van der Waals surface area (Å²) in [6, 6.07) is 7.29. The van der Waals surface area contributed by atoms with E-state index in [-0.39, 0.29) is 5.75 Å². The molecule has 0 unspecified atom stereocenters. The van der Waals surface area contributed by atoms with E-state index in [1.165, 1.54) is 11.5 Å². The van der Waals surface area contributed by atoms with Crippen LogP contribution in [0.4, 0.5) is 0 Å². The van der Waals surface area contributed by atoms with Gasteiger partial charge in [0.15, 0.2) is 9.84 Å². The Balaban J connectivity index is 2.47. The molecule has 0 aliphatic rings. The van der Waals surface area contributed by atoms with Crippen LogP contribution in [0.25, 0.3) is 10.4 Å². The van der Waals surface area contributed by atoms with Crippen molar-refractivity contribution in [3.8, 4) is 10.4 Å². The molecule has 0 aliphatic carbocycles. The Morgan fingerprint density at radius 3 is 2.69 bits per heavy atom. The van der Waals surface area contributed by atoms with Crippen LogP contribution in [-0.4, -0.2) is 18.0 Å². The lowest BCUT2D eigenvalue weighted by molar-refractivity contribution is 0.603. The minimum atomic E-state index is -3.28. The smallest absolute Gasteiger partial charge is 0.155 e. The van der Waals surface area contributed by atoms with Gasteiger partial charge in [-0.05, 0) is 22.7 Å². The van der Waals surface area contributed by atoms with Gasteiger partial charge in [-0.2, -0.15) is 0 Å². The average molecular weight is 253 g/mol. The summed E-state index contributed by atoms with van der Waals surface area (Å²) in [5.41, 5.74) is 1.58. The lowest BCUT2D eigenvalue weighted by atomic mass is 10.1. The molecule has 0 N–H and O–H groups in total. The molecule has 2 rings (SSSR count). The number of aromatic nitrogens is 2. The van der Waals surface area contributed by atoms with E-state index in [1.807, 2.05) is 12.1 Å². The second-order valence-corrected chi connectivity index (χ2v) is 5.89. The summed E-state index contributed by atoms with van der Waals surface area (Å²) in [6.45, 7) is 0. The van der Waals surface area contributed by atoms with Crippen LogP contribution < -0.4 is 0 Å². The first-order chi connectivity index (χ1) is 7.56. The summed E-state index contributed by atoms with van der Waals surface area (Å²) in [6.07, 6.45) is 4.76. The third-order valence-electron chi connectivity index (χ3n) is 2.02.